The normalized spacial score (nSPS) is 10.9. The van der Waals surface area contributed by atoms with Gasteiger partial charge in [-0.2, -0.15) is 5.26 Å². The molecule has 0 aliphatic rings. The molecule has 2 aromatic carbocycles. The molecule has 0 atom stereocenters. The molecule has 6 nitrogen and oxygen atoms in total. The molecule has 0 unspecified atom stereocenters. The Balaban J connectivity index is 1.77. The van der Waals surface area contributed by atoms with Crippen LogP contribution in [0.25, 0.3) is 0 Å². The van der Waals surface area contributed by atoms with Crippen molar-refractivity contribution in [3.63, 3.8) is 0 Å². The van der Waals surface area contributed by atoms with E-state index in [1.165, 1.54) is 6.20 Å². The van der Waals surface area contributed by atoms with Gasteiger partial charge in [0.05, 0.1) is 28.4 Å². The zero-order valence-corrected chi connectivity index (χ0v) is 15.7. The van der Waals surface area contributed by atoms with Gasteiger partial charge in [0.25, 0.3) is 10.0 Å². The van der Waals surface area contributed by atoms with Crippen molar-refractivity contribution in [2.24, 2.45) is 0 Å². The molecule has 7 heteroatoms. The Morgan fingerprint density at radius 3 is 2.52 bits per heavy atom. The van der Waals surface area contributed by atoms with E-state index in [0.717, 1.165) is 11.3 Å². The largest absolute Gasteiger partial charge is 0.340 e. The maximum absolute atomic E-state index is 12.6. The highest BCUT2D eigenvalue weighted by Gasteiger charge is 2.17. The standard InChI is InChI=1S/C20H18N4O2S/c1-14-6-7-15(2)19(10-14)27(25,26)24-18-8-9-20(22-13-18)23-17-5-3-4-16(11-17)12-21/h3-11,13,24H,1-2H3,(H,22,23). The monoisotopic (exact) mass is 378 g/mol. The van der Waals surface area contributed by atoms with Crippen molar-refractivity contribution in [3.05, 3.63) is 77.5 Å². The van der Waals surface area contributed by atoms with E-state index >= 15 is 0 Å². The highest BCUT2D eigenvalue weighted by atomic mass is 32.2. The van der Waals surface area contributed by atoms with Crippen molar-refractivity contribution in [2.75, 3.05) is 10.0 Å². The Labute approximate surface area is 158 Å². The van der Waals surface area contributed by atoms with Crippen LogP contribution in [0, 0.1) is 25.2 Å². The number of benzene rings is 2. The summed E-state index contributed by atoms with van der Waals surface area (Å²) < 4.78 is 27.8. The Hall–Kier alpha value is -3.37. The van der Waals surface area contributed by atoms with Crippen LogP contribution in [0.3, 0.4) is 0 Å². The summed E-state index contributed by atoms with van der Waals surface area (Å²) in [4.78, 5) is 4.47. The summed E-state index contributed by atoms with van der Waals surface area (Å²) in [6.45, 7) is 3.61. The summed E-state index contributed by atoms with van der Waals surface area (Å²) in [5.41, 5.74) is 3.19. The number of hydrogen-bond donors (Lipinski definition) is 2. The van der Waals surface area contributed by atoms with E-state index in [-0.39, 0.29) is 4.90 Å². The summed E-state index contributed by atoms with van der Waals surface area (Å²) in [6, 6.07) is 17.7. The molecule has 1 heterocycles. The third-order valence-corrected chi connectivity index (χ3v) is 5.44. The Morgan fingerprint density at radius 2 is 1.81 bits per heavy atom. The van der Waals surface area contributed by atoms with E-state index in [9.17, 15) is 8.42 Å². The molecule has 0 aliphatic heterocycles. The first kappa shape index (κ1) is 18.4. The fraction of sp³-hybridized carbons (Fsp3) is 0.100. The van der Waals surface area contributed by atoms with E-state index in [1.807, 2.05) is 19.1 Å². The van der Waals surface area contributed by atoms with Crippen molar-refractivity contribution in [1.29, 1.82) is 5.26 Å². The Morgan fingerprint density at radius 1 is 1.00 bits per heavy atom. The van der Waals surface area contributed by atoms with Crippen molar-refractivity contribution in [3.8, 4) is 6.07 Å². The van der Waals surface area contributed by atoms with E-state index in [1.54, 1.807) is 49.4 Å². The van der Waals surface area contributed by atoms with Gasteiger partial charge in [0.15, 0.2) is 0 Å². The van der Waals surface area contributed by atoms with Gasteiger partial charge in [0.2, 0.25) is 0 Å². The van der Waals surface area contributed by atoms with Crippen molar-refractivity contribution < 1.29 is 8.42 Å². The molecule has 3 aromatic rings. The lowest BCUT2D eigenvalue weighted by Crippen LogP contribution is -2.14. The van der Waals surface area contributed by atoms with Crippen LogP contribution in [0.5, 0.6) is 0 Å². The van der Waals surface area contributed by atoms with Gasteiger partial charge in [-0.05, 0) is 61.4 Å². The van der Waals surface area contributed by atoms with Crippen LogP contribution in [0.4, 0.5) is 17.2 Å². The molecule has 0 spiro atoms. The molecular weight excluding hydrogens is 360 g/mol. The summed E-state index contributed by atoms with van der Waals surface area (Å²) >= 11 is 0. The first-order chi connectivity index (χ1) is 12.9. The molecular formula is C20H18N4O2S. The number of nitriles is 1. The average Bonchev–Trinajstić information content (AvgIpc) is 2.65. The lowest BCUT2D eigenvalue weighted by molar-refractivity contribution is 0.600. The predicted octanol–water partition coefficient (Wildman–Crippen LogP) is 4.11. The van der Waals surface area contributed by atoms with Gasteiger partial charge >= 0.3 is 0 Å². The van der Waals surface area contributed by atoms with Crippen LogP contribution in [-0.2, 0) is 10.0 Å². The predicted molar refractivity (Wildman–Crippen MR) is 105 cm³/mol. The first-order valence-corrected chi connectivity index (χ1v) is 9.69. The van der Waals surface area contributed by atoms with Gasteiger partial charge in [-0.15, -0.1) is 0 Å². The molecule has 0 bridgehead atoms. The highest BCUT2D eigenvalue weighted by molar-refractivity contribution is 7.92. The molecule has 0 saturated carbocycles. The number of nitrogens with one attached hydrogen (secondary N) is 2. The fourth-order valence-corrected chi connectivity index (χ4v) is 3.92. The number of hydrogen-bond acceptors (Lipinski definition) is 5. The van der Waals surface area contributed by atoms with E-state index in [2.05, 4.69) is 21.1 Å². The molecule has 0 radical (unpaired) electrons. The SMILES string of the molecule is Cc1ccc(C)c(S(=O)(=O)Nc2ccc(Nc3cccc(C#N)c3)nc2)c1. The zero-order valence-electron chi connectivity index (χ0n) is 14.9. The maximum Gasteiger partial charge on any atom is 0.262 e. The Bertz CT molecular complexity index is 1120. The van der Waals surface area contributed by atoms with Crippen molar-refractivity contribution in [2.45, 2.75) is 18.7 Å². The van der Waals surface area contributed by atoms with E-state index in [0.29, 0.717) is 22.6 Å². The minimum absolute atomic E-state index is 0.248. The van der Waals surface area contributed by atoms with Crippen molar-refractivity contribution >= 4 is 27.2 Å². The number of nitrogens with zero attached hydrogens (tertiary/aromatic N) is 2. The fourth-order valence-electron chi connectivity index (χ4n) is 2.55. The van der Waals surface area contributed by atoms with Crippen LogP contribution in [-0.4, -0.2) is 13.4 Å². The number of rotatable bonds is 5. The van der Waals surface area contributed by atoms with Crippen LogP contribution in [0.2, 0.25) is 0 Å². The molecule has 3 rings (SSSR count). The highest BCUT2D eigenvalue weighted by Crippen LogP contribution is 2.22. The van der Waals surface area contributed by atoms with E-state index < -0.39 is 10.0 Å². The number of aromatic nitrogens is 1. The minimum Gasteiger partial charge on any atom is -0.340 e. The van der Waals surface area contributed by atoms with Crippen LogP contribution in [0.1, 0.15) is 16.7 Å². The van der Waals surface area contributed by atoms with Gasteiger partial charge in [0.1, 0.15) is 5.82 Å². The number of aryl methyl sites for hydroxylation is 2. The van der Waals surface area contributed by atoms with Gasteiger partial charge in [0, 0.05) is 5.69 Å². The quantitative estimate of drug-likeness (QED) is 0.696. The van der Waals surface area contributed by atoms with Gasteiger partial charge < -0.3 is 5.32 Å². The molecule has 2 N–H and O–H groups in total. The summed E-state index contributed by atoms with van der Waals surface area (Å²) in [6.07, 6.45) is 1.44. The minimum atomic E-state index is -3.69. The van der Waals surface area contributed by atoms with E-state index in [4.69, 9.17) is 5.26 Å². The van der Waals surface area contributed by atoms with Crippen LogP contribution in [0.15, 0.2) is 65.7 Å². The second kappa shape index (κ2) is 7.48. The smallest absolute Gasteiger partial charge is 0.262 e. The van der Waals surface area contributed by atoms with Crippen molar-refractivity contribution in [1.82, 2.24) is 4.98 Å². The lowest BCUT2D eigenvalue weighted by Gasteiger charge is -2.12. The number of anilines is 3. The van der Waals surface area contributed by atoms with Gasteiger partial charge in [-0.3, -0.25) is 4.72 Å². The zero-order chi connectivity index (χ0) is 19.4. The second-order valence-corrected chi connectivity index (χ2v) is 7.77. The Kier molecular flexibility index (Phi) is 5.10. The summed E-state index contributed by atoms with van der Waals surface area (Å²) in [7, 11) is -3.69. The molecule has 136 valence electrons. The lowest BCUT2D eigenvalue weighted by atomic mass is 10.2. The molecule has 1 aromatic heterocycles. The topological polar surface area (TPSA) is 94.9 Å². The molecule has 0 saturated heterocycles. The molecule has 0 fully saturated rings. The number of sulfonamides is 1. The summed E-state index contributed by atoms with van der Waals surface area (Å²) in [5, 5.41) is 12.0. The first-order valence-electron chi connectivity index (χ1n) is 8.21. The van der Waals surface area contributed by atoms with Gasteiger partial charge in [-0.25, -0.2) is 13.4 Å². The molecule has 0 aliphatic carbocycles. The third-order valence-electron chi connectivity index (χ3n) is 3.91. The van der Waals surface area contributed by atoms with Crippen LogP contribution < -0.4 is 10.0 Å². The molecule has 27 heavy (non-hydrogen) atoms. The van der Waals surface area contributed by atoms with Crippen LogP contribution >= 0.6 is 0 Å². The maximum atomic E-state index is 12.6. The average molecular weight is 378 g/mol. The number of pyridine rings is 1. The summed E-state index contributed by atoms with van der Waals surface area (Å²) in [5.74, 6) is 0.541. The van der Waals surface area contributed by atoms with Gasteiger partial charge in [-0.1, -0.05) is 18.2 Å². The second-order valence-electron chi connectivity index (χ2n) is 6.12. The third kappa shape index (κ3) is 4.43. The molecule has 0 amide bonds.